The third-order valence-corrected chi connectivity index (χ3v) is 3.33. The summed E-state index contributed by atoms with van der Waals surface area (Å²) in [4.78, 5) is 3.25. The lowest BCUT2D eigenvalue weighted by molar-refractivity contribution is 0.0425. The van der Waals surface area contributed by atoms with Crippen molar-refractivity contribution < 1.29 is 9.84 Å². The van der Waals surface area contributed by atoms with Crippen LogP contribution in [0.5, 0.6) is 5.75 Å². The Balaban J connectivity index is 2.73. The summed E-state index contributed by atoms with van der Waals surface area (Å²) in [7, 11) is 3.70. The van der Waals surface area contributed by atoms with E-state index in [2.05, 4.69) is 23.1 Å². The van der Waals surface area contributed by atoms with Gasteiger partial charge in [-0.25, -0.2) is 0 Å². The highest BCUT2D eigenvalue weighted by Crippen LogP contribution is 2.28. The topological polar surface area (TPSA) is 32.7 Å². The molecule has 0 saturated carbocycles. The summed E-state index contributed by atoms with van der Waals surface area (Å²) in [5.41, 5.74) is 0.523. The van der Waals surface area contributed by atoms with Crippen molar-refractivity contribution in [2.75, 3.05) is 27.0 Å². The normalized spacial score (nSPS) is 11.9. The Bertz CT molecular complexity index is 388. The Labute approximate surface area is 114 Å². The van der Waals surface area contributed by atoms with Crippen molar-refractivity contribution >= 4 is 11.8 Å². The van der Waals surface area contributed by atoms with E-state index in [1.165, 1.54) is 5.56 Å². The lowest BCUT2D eigenvalue weighted by Crippen LogP contribution is -2.35. The zero-order chi connectivity index (χ0) is 13.8. The first kappa shape index (κ1) is 15.3. The molecule has 0 atom stereocenters. The van der Waals surface area contributed by atoms with Gasteiger partial charge in [0.15, 0.2) is 0 Å². The molecule has 3 nitrogen and oxygen atoms in total. The molecular formula is C14H23NO2S. The van der Waals surface area contributed by atoms with Crippen LogP contribution in [-0.2, 0) is 6.54 Å². The van der Waals surface area contributed by atoms with Gasteiger partial charge < -0.3 is 9.84 Å². The highest BCUT2D eigenvalue weighted by Gasteiger charge is 2.16. The van der Waals surface area contributed by atoms with Gasteiger partial charge in [0.05, 0.1) is 12.7 Å². The van der Waals surface area contributed by atoms with Crippen LogP contribution in [0.15, 0.2) is 23.1 Å². The molecular weight excluding hydrogens is 246 g/mol. The average molecular weight is 269 g/mol. The van der Waals surface area contributed by atoms with Gasteiger partial charge in [-0.2, -0.15) is 0 Å². The van der Waals surface area contributed by atoms with Gasteiger partial charge in [0, 0.05) is 18.0 Å². The first-order valence-electron chi connectivity index (χ1n) is 5.97. The standard InChI is InChI=1S/C14H23NO2S/c1-14(2,16)10-15(3)9-11-6-7-13(18-5)12(8-11)17-4/h6-8,16H,9-10H2,1-5H3. The largest absolute Gasteiger partial charge is 0.496 e. The molecule has 0 aromatic heterocycles. The number of benzene rings is 1. The maximum atomic E-state index is 9.78. The Kier molecular flexibility index (Phi) is 5.50. The summed E-state index contributed by atoms with van der Waals surface area (Å²) in [6.45, 7) is 5.08. The molecule has 0 aliphatic carbocycles. The number of rotatable bonds is 6. The van der Waals surface area contributed by atoms with E-state index in [-0.39, 0.29) is 0 Å². The van der Waals surface area contributed by atoms with Crippen LogP contribution in [0, 0.1) is 0 Å². The second-order valence-electron chi connectivity index (χ2n) is 5.17. The first-order chi connectivity index (χ1) is 8.35. The summed E-state index contributed by atoms with van der Waals surface area (Å²) >= 11 is 1.68. The van der Waals surface area contributed by atoms with E-state index in [1.807, 2.05) is 27.2 Å². The lowest BCUT2D eigenvalue weighted by Gasteiger charge is -2.25. The molecule has 0 aliphatic heterocycles. The first-order valence-corrected chi connectivity index (χ1v) is 7.20. The molecule has 1 N–H and O–H groups in total. The van der Waals surface area contributed by atoms with Crippen molar-refractivity contribution in [1.82, 2.24) is 4.90 Å². The average Bonchev–Trinajstić information content (AvgIpc) is 2.26. The predicted molar refractivity (Wildman–Crippen MR) is 77.4 cm³/mol. The van der Waals surface area contributed by atoms with Gasteiger partial charge in [-0.3, -0.25) is 4.90 Å². The summed E-state index contributed by atoms with van der Waals surface area (Å²) in [5.74, 6) is 0.914. The van der Waals surface area contributed by atoms with Crippen LogP contribution in [0.3, 0.4) is 0 Å². The van der Waals surface area contributed by atoms with E-state index in [9.17, 15) is 5.11 Å². The molecule has 0 fully saturated rings. The van der Waals surface area contributed by atoms with Gasteiger partial charge in [-0.15, -0.1) is 11.8 Å². The molecule has 0 aliphatic rings. The van der Waals surface area contributed by atoms with Crippen LogP contribution in [0.4, 0.5) is 0 Å². The molecule has 0 unspecified atom stereocenters. The number of ether oxygens (including phenoxy) is 1. The van der Waals surface area contributed by atoms with Gasteiger partial charge in [-0.05, 0) is 44.8 Å². The molecule has 0 spiro atoms. The maximum absolute atomic E-state index is 9.78. The summed E-state index contributed by atoms with van der Waals surface area (Å²) in [5, 5.41) is 9.78. The van der Waals surface area contributed by atoms with E-state index in [0.29, 0.717) is 6.54 Å². The predicted octanol–water partition coefficient (Wildman–Crippen LogP) is 2.62. The lowest BCUT2D eigenvalue weighted by atomic mass is 10.1. The van der Waals surface area contributed by atoms with Crippen molar-refractivity contribution in [3.8, 4) is 5.75 Å². The summed E-state index contributed by atoms with van der Waals surface area (Å²) < 4.78 is 5.37. The zero-order valence-corrected chi connectivity index (χ0v) is 12.7. The van der Waals surface area contributed by atoms with E-state index >= 15 is 0 Å². The Morgan fingerprint density at radius 1 is 1.39 bits per heavy atom. The number of aliphatic hydroxyl groups is 1. The third kappa shape index (κ3) is 4.88. The van der Waals surface area contributed by atoms with Crippen LogP contribution >= 0.6 is 11.8 Å². The fourth-order valence-corrected chi connectivity index (χ4v) is 2.55. The molecule has 4 heteroatoms. The Hall–Kier alpha value is -0.710. The quantitative estimate of drug-likeness (QED) is 0.805. The number of hydrogen-bond donors (Lipinski definition) is 1. The van der Waals surface area contributed by atoms with Gasteiger partial charge in [0.1, 0.15) is 5.75 Å². The molecule has 0 heterocycles. The number of methoxy groups -OCH3 is 1. The highest BCUT2D eigenvalue weighted by molar-refractivity contribution is 7.98. The molecule has 1 aromatic carbocycles. The fourth-order valence-electron chi connectivity index (χ4n) is 2.01. The van der Waals surface area contributed by atoms with Crippen molar-refractivity contribution in [2.45, 2.75) is 30.9 Å². The van der Waals surface area contributed by atoms with Crippen molar-refractivity contribution in [3.05, 3.63) is 23.8 Å². The minimum absolute atomic E-state index is 0.638. The zero-order valence-electron chi connectivity index (χ0n) is 11.9. The molecule has 102 valence electrons. The smallest absolute Gasteiger partial charge is 0.132 e. The molecule has 0 radical (unpaired) electrons. The fraction of sp³-hybridized carbons (Fsp3) is 0.571. The Morgan fingerprint density at radius 2 is 2.06 bits per heavy atom. The minimum Gasteiger partial charge on any atom is -0.496 e. The van der Waals surface area contributed by atoms with Crippen molar-refractivity contribution in [3.63, 3.8) is 0 Å². The maximum Gasteiger partial charge on any atom is 0.132 e. The van der Waals surface area contributed by atoms with Gasteiger partial charge >= 0.3 is 0 Å². The molecule has 0 amide bonds. The van der Waals surface area contributed by atoms with E-state index in [4.69, 9.17) is 4.74 Å². The highest BCUT2D eigenvalue weighted by atomic mass is 32.2. The molecule has 0 saturated heterocycles. The Morgan fingerprint density at radius 3 is 2.56 bits per heavy atom. The molecule has 18 heavy (non-hydrogen) atoms. The monoisotopic (exact) mass is 269 g/mol. The van der Waals surface area contributed by atoms with Gasteiger partial charge in [0.2, 0.25) is 0 Å². The summed E-state index contributed by atoms with van der Waals surface area (Å²) in [6, 6.07) is 6.25. The van der Waals surface area contributed by atoms with Crippen molar-refractivity contribution in [2.24, 2.45) is 0 Å². The van der Waals surface area contributed by atoms with E-state index in [1.54, 1.807) is 18.9 Å². The summed E-state index contributed by atoms with van der Waals surface area (Å²) in [6.07, 6.45) is 2.04. The molecule has 1 aromatic rings. The SMILES string of the molecule is COc1cc(CN(C)CC(C)(C)O)ccc1SC. The number of likely N-dealkylation sites (N-methyl/N-ethyl adjacent to an activating group) is 1. The van der Waals surface area contributed by atoms with E-state index in [0.717, 1.165) is 17.2 Å². The molecule has 1 rings (SSSR count). The molecule has 0 bridgehead atoms. The van der Waals surface area contributed by atoms with Crippen molar-refractivity contribution in [1.29, 1.82) is 0 Å². The van der Waals surface area contributed by atoms with E-state index < -0.39 is 5.60 Å². The number of nitrogens with zero attached hydrogens (tertiary/aromatic N) is 1. The van der Waals surface area contributed by atoms with Gasteiger partial charge in [0.25, 0.3) is 0 Å². The van der Waals surface area contributed by atoms with Crippen LogP contribution in [0.25, 0.3) is 0 Å². The van der Waals surface area contributed by atoms with Crippen LogP contribution in [-0.4, -0.2) is 42.6 Å². The van der Waals surface area contributed by atoms with Crippen LogP contribution < -0.4 is 4.74 Å². The minimum atomic E-state index is -0.669. The van der Waals surface area contributed by atoms with Gasteiger partial charge in [-0.1, -0.05) is 6.07 Å². The van der Waals surface area contributed by atoms with Crippen LogP contribution in [0.1, 0.15) is 19.4 Å². The van der Waals surface area contributed by atoms with Crippen LogP contribution in [0.2, 0.25) is 0 Å². The third-order valence-electron chi connectivity index (χ3n) is 2.56. The second-order valence-corrected chi connectivity index (χ2v) is 6.02. The number of thioether (sulfide) groups is 1. The second kappa shape index (κ2) is 6.45. The number of hydrogen-bond acceptors (Lipinski definition) is 4.